The molecule has 2 rings (SSSR count). The summed E-state index contributed by atoms with van der Waals surface area (Å²) in [5.74, 6) is -0.867. The van der Waals surface area contributed by atoms with Crippen molar-refractivity contribution in [2.75, 3.05) is 0 Å². The zero-order valence-corrected chi connectivity index (χ0v) is 9.97. The van der Waals surface area contributed by atoms with E-state index in [4.69, 9.17) is 0 Å². The second kappa shape index (κ2) is 4.45. The summed E-state index contributed by atoms with van der Waals surface area (Å²) >= 11 is 0. The minimum Gasteiger partial charge on any atom is -0.478 e. The van der Waals surface area contributed by atoms with E-state index in [2.05, 4.69) is 0 Å². The van der Waals surface area contributed by atoms with Gasteiger partial charge in [0.05, 0.1) is 5.56 Å². The maximum absolute atomic E-state index is 11.3. The first kappa shape index (κ1) is 11.5. The standard InChI is InChI=1S/C14H15NO2/c1-3-15-9-12(11-7-5-4-6-8-11)13(10(15)2)14(16)17/h4-9H,3H2,1-2H3,(H,16,17). The Morgan fingerprint density at radius 3 is 2.47 bits per heavy atom. The van der Waals surface area contributed by atoms with Crippen LogP contribution in [-0.2, 0) is 6.54 Å². The first-order valence-corrected chi connectivity index (χ1v) is 5.63. The van der Waals surface area contributed by atoms with Crippen LogP contribution in [0.15, 0.2) is 36.5 Å². The molecule has 1 heterocycles. The van der Waals surface area contributed by atoms with E-state index in [1.807, 2.05) is 54.9 Å². The van der Waals surface area contributed by atoms with Crippen LogP contribution in [0.3, 0.4) is 0 Å². The van der Waals surface area contributed by atoms with Crippen molar-refractivity contribution in [1.82, 2.24) is 4.57 Å². The van der Waals surface area contributed by atoms with Crippen LogP contribution in [0.5, 0.6) is 0 Å². The van der Waals surface area contributed by atoms with Crippen LogP contribution < -0.4 is 0 Å². The van der Waals surface area contributed by atoms with Crippen LogP contribution in [0.25, 0.3) is 11.1 Å². The molecule has 1 aromatic carbocycles. The summed E-state index contributed by atoms with van der Waals surface area (Å²) in [5, 5.41) is 9.30. The van der Waals surface area contributed by atoms with Gasteiger partial charge in [0.25, 0.3) is 0 Å². The van der Waals surface area contributed by atoms with Crippen molar-refractivity contribution < 1.29 is 9.90 Å². The van der Waals surface area contributed by atoms with E-state index in [1.165, 1.54) is 0 Å². The number of aryl methyl sites for hydroxylation is 1. The van der Waals surface area contributed by atoms with Crippen LogP contribution >= 0.6 is 0 Å². The van der Waals surface area contributed by atoms with E-state index in [1.54, 1.807) is 0 Å². The second-order valence-electron chi connectivity index (χ2n) is 3.96. The molecule has 0 unspecified atom stereocenters. The fraction of sp³-hybridized carbons (Fsp3) is 0.214. The molecule has 0 aliphatic carbocycles. The van der Waals surface area contributed by atoms with E-state index in [0.717, 1.165) is 23.4 Å². The fourth-order valence-corrected chi connectivity index (χ4v) is 2.09. The molecule has 0 fully saturated rings. The van der Waals surface area contributed by atoms with Crippen molar-refractivity contribution in [2.24, 2.45) is 0 Å². The SMILES string of the molecule is CCn1cc(-c2ccccc2)c(C(=O)O)c1C. The molecule has 0 aliphatic heterocycles. The Morgan fingerprint density at radius 2 is 1.94 bits per heavy atom. The highest BCUT2D eigenvalue weighted by atomic mass is 16.4. The van der Waals surface area contributed by atoms with Crippen LogP contribution in [0.4, 0.5) is 0 Å². The summed E-state index contributed by atoms with van der Waals surface area (Å²) in [7, 11) is 0. The molecule has 0 spiro atoms. The predicted molar refractivity (Wildman–Crippen MR) is 67.2 cm³/mol. The zero-order valence-electron chi connectivity index (χ0n) is 9.97. The monoisotopic (exact) mass is 229 g/mol. The highest BCUT2D eigenvalue weighted by Gasteiger charge is 2.18. The third-order valence-corrected chi connectivity index (χ3v) is 2.99. The lowest BCUT2D eigenvalue weighted by Crippen LogP contribution is -2.02. The van der Waals surface area contributed by atoms with Gasteiger partial charge in [0, 0.05) is 24.0 Å². The molecule has 17 heavy (non-hydrogen) atoms. The maximum Gasteiger partial charge on any atom is 0.338 e. The van der Waals surface area contributed by atoms with Gasteiger partial charge in [-0.15, -0.1) is 0 Å². The number of nitrogens with zero attached hydrogens (tertiary/aromatic N) is 1. The molecule has 0 aliphatic rings. The highest BCUT2D eigenvalue weighted by Crippen LogP contribution is 2.27. The van der Waals surface area contributed by atoms with Gasteiger partial charge in [-0.3, -0.25) is 0 Å². The average Bonchev–Trinajstić information content (AvgIpc) is 2.67. The lowest BCUT2D eigenvalue weighted by molar-refractivity contribution is 0.0697. The lowest BCUT2D eigenvalue weighted by atomic mass is 10.0. The van der Waals surface area contributed by atoms with Gasteiger partial charge in [-0.1, -0.05) is 30.3 Å². The number of rotatable bonds is 3. The van der Waals surface area contributed by atoms with Crippen LogP contribution in [0.2, 0.25) is 0 Å². The molecule has 2 aromatic rings. The molecular formula is C14H15NO2. The summed E-state index contributed by atoms with van der Waals surface area (Å²) in [6, 6.07) is 9.62. The molecular weight excluding hydrogens is 214 g/mol. The largest absolute Gasteiger partial charge is 0.478 e. The first-order chi connectivity index (χ1) is 8.15. The van der Waals surface area contributed by atoms with Gasteiger partial charge in [-0.05, 0) is 19.4 Å². The third-order valence-electron chi connectivity index (χ3n) is 2.99. The first-order valence-electron chi connectivity index (χ1n) is 5.63. The Labute approximate surface area is 100 Å². The van der Waals surface area contributed by atoms with E-state index >= 15 is 0 Å². The molecule has 0 saturated carbocycles. The van der Waals surface area contributed by atoms with Crippen molar-refractivity contribution in [3.63, 3.8) is 0 Å². The smallest absolute Gasteiger partial charge is 0.338 e. The fourth-order valence-electron chi connectivity index (χ4n) is 2.09. The topological polar surface area (TPSA) is 42.2 Å². The number of aromatic carboxylic acids is 1. The van der Waals surface area contributed by atoms with Gasteiger partial charge in [0.1, 0.15) is 0 Å². The second-order valence-corrected chi connectivity index (χ2v) is 3.96. The molecule has 0 saturated heterocycles. The zero-order chi connectivity index (χ0) is 12.4. The van der Waals surface area contributed by atoms with Gasteiger partial charge in [-0.2, -0.15) is 0 Å². The van der Waals surface area contributed by atoms with Crippen molar-refractivity contribution in [1.29, 1.82) is 0 Å². The molecule has 0 bridgehead atoms. The summed E-state index contributed by atoms with van der Waals surface area (Å²) in [6.07, 6.45) is 1.91. The van der Waals surface area contributed by atoms with E-state index in [9.17, 15) is 9.90 Å². The number of benzene rings is 1. The van der Waals surface area contributed by atoms with E-state index in [0.29, 0.717) is 5.56 Å². The van der Waals surface area contributed by atoms with Crippen molar-refractivity contribution in [3.8, 4) is 11.1 Å². The molecule has 0 amide bonds. The van der Waals surface area contributed by atoms with Gasteiger partial charge in [0.2, 0.25) is 0 Å². The molecule has 3 nitrogen and oxygen atoms in total. The molecule has 0 atom stereocenters. The molecule has 3 heteroatoms. The van der Waals surface area contributed by atoms with Gasteiger partial charge in [-0.25, -0.2) is 4.79 Å². The van der Waals surface area contributed by atoms with Gasteiger partial charge < -0.3 is 9.67 Å². The highest BCUT2D eigenvalue weighted by molar-refractivity contribution is 5.97. The Bertz CT molecular complexity index is 541. The Balaban J connectivity index is 2.65. The van der Waals surface area contributed by atoms with Gasteiger partial charge in [0.15, 0.2) is 0 Å². The van der Waals surface area contributed by atoms with Gasteiger partial charge >= 0.3 is 5.97 Å². The molecule has 88 valence electrons. The third kappa shape index (κ3) is 1.96. The van der Waals surface area contributed by atoms with E-state index < -0.39 is 5.97 Å². The predicted octanol–water partition coefficient (Wildman–Crippen LogP) is 3.18. The number of aromatic nitrogens is 1. The summed E-state index contributed by atoms with van der Waals surface area (Å²) in [5.41, 5.74) is 2.94. The molecule has 1 N–H and O–H groups in total. The lowest BCUT2D eigenvalue weighted by Gasteiger charge is -2.01. The minimum atomic E-state index is -0.867. The molecule has 1 aromatic heterocycles. The summed E-state index contributed by atoms with van der Waals surface area (Å²) in [6.45, 7) is 4.63. The van der Waals surface area contributed by atoms with E-state index in [-0.39, 0.29) is 0 Å². The summed E-state index contributed by atoms with van der Waals surface area (Å²) in [4.78, 5) is 11.3. The van der Waals surface area contributed by atoms with Crippen molar-refractivity contribution >= 4 is 5.97 Å². The number of carbonyl (C=O) groups is 1. The molecule has 0 radical (unpaired) electrons. The maximum atomic E-state index is 11.3. The van der Waals surface area contributed by atoms with Crippen LogP contribution in [0, 0.1) is 6.92 Å². The number of carboxylic acid groups (broad SMARTS) is 1. The van der Waals surface area contributed by atoms with Crippen molar-refractivity contribution in [3.05, 3.63) is 47.8 Å². The normalized spacial score (nSPS) is 10.5. The average molecular weight is 229 g/mol. The number of hydrogen-bond acceptors (Lipinski definition) is 1. The number of carboxylic acids is 1. The van der Waals surface area contributed by atoms with Crippen molar-refractivity contribution in [2.45, 2.75) is 20.4 Å². The Hall–Kier alpha value is -2.03. The quantitative estimate of drug-likeness (QED) is 0.878. The Kier molecular flexibility index (Phi) is 3.00. The Morgan fingerprint density at radius 1 is 1.29 bits per heavy atom. The van der Waals surface area contributed by atoms with Crippen LogP contribution in [-0.4, -0.2) is 15.6 Å². The van der Waals surface area contributed by atoms with Crippen LogP contribution in [0.1, 0.15) is 23.0 Å². The minimum absolute atomic E-state index is 0.401. The summed E-state index contributed by atoms with van der Waals surface area (Å²) < 4.78 is 1.96. The number of hydrogen-bond donors (Lipinski definition) is 1.